The molecular formula is C18H19BO3. The van der Waals surface area contributed by atoms with Crippen LogP contribution < -0.4 is 5.46 Å². The van der Waals surface area contributed by atoms with Gasteiger partial charge in [-0.15, -0.1) is 0 Å². The summed E-state index contributed by atoms with van der Waals surface area (Å²) >= 11 is 0. The molecule has 22 heavy (non-hydrogen) atoms. The Balaban J connectivity index is 1.99. The van der Waals surface area contributed by atoms with Crippen LogP contribution >= 0.6 is 0 Å². The van der Waals surface area contributed by atoms with Crippen molar-refractivity contribution < 1.29 is 13.7 Å². The third-order valence-corrected chi connectivity index (χ3v) is 5.01. The number of furan rings is 1. The summed E-state index contributed by atoms with van der Waals surface area (Å²) in [5.41, 5.74) is 1.21. The molecule has 0 N–H and O–H groups in total. The van der Waals surface area contributed by atoms with E-state index in [1.54, 1.807) is 6.26 Å². The van der Waals surface area contributed by atoms with Crippen molar-refractivity contribution in [3.8, 4) is 0 Å². The van der Waals surface area contributed by atoms with Crippen LogP contribution in [0.5, 0.6) is 0 Å². The second kappa shape index (κ2) is 4.37. The minimum Gasteiger partial charge on any atom is -0.464 e. The number of hydrogen-bond acceptors (Lipinski definition) is 3. The lowest BCUT2D eigenvalue weighted by Crippen LogP contribution is -2.41. The molecule has 4 heteroatoms. The molecule has 1 aliphatic rings. The fourth-order valence-electron chi connectivity index (χ4n) is 3.02. The molecule has 0 saturated carbocycles. The lowest BCUT2D eigenvalue weighted by molar-refractivity contribution is 0.00578. The molecule has 3 nitrogen and oxygen atoms in total. The van der Waals surface area contributed by atoms with Gasteiger partial charge < -0.3 is 13.7 Å². The predicted molar refractivity (Wildman–Crippen MR) is 89.4 cm³/mol. The van der Waals surface area contributed by atoms with E-state index in [0.717, 1.165) is 27.2 Å². The van der Waals surface area contributed by atoms with Crippen LogP contribution in [0.1, 0.15) is 27.7 Å². The summed E-state index contributed by atoms with van der Waals surface area (Å²) in [5.74, 6) is 0. The molecule has 2 heterocycles. The molecule has 0 radical (unpaired) electrons. The van der Waals surface area contributed by atoms with Gasteiger partial charge in [0.25, 0.3) is 0 Å². The molecule has 4 rings (SSSR count). The van der Waals surface area contributed by atoms with E-state index in [9.17, 15) is 0 Å². The second-order valence-corrected chi connectivity index (χ2v) is 6.93. The van der Waals surface area contributed by atoms with Crippen molar-refractivity contribution in [2.75, 3.05) is 0 Å². The molecule has 0 spiro atoms. The summed E-state index contributed by atoms with van der Waals surface area (Å²) in [7, 11) is -0.392. The Morgan fingerprint density at radius 2 is 1.55 bits per heavy atom. The van der Waals surface area contributed by atoms with Crippen molar-refractivity contribution in [3.63, 3.8) is 0 Å². The van der Waals surface area contributed by atoms with Crippen LogP contribution in [-0.2, 0) is 9.31 Å². The molecule has 3 aromatic rings. The van der Waals surface area contributed by atoms with Crippen molar-refractivity contribution in [1.82, 2.24) is 0 Å². The van der Waals surface area contributed by atoms with E-state index in [1.807, 2.05) is 18.2 Å². The van der Waals surface area contributed by atoms with E-state index >= 15 is 0 Å². The monoisotopic (exact) mass is 294 g/mol. The fraction of sp³-hybridized carbons (Fsp3) is 0.333. The SMILES string of the molecule is CC1(C)OB(c2c3ccccc3cc3occc23)OC1(C)C. The summed E-state index contributed by atoms with van der Waals surface area (Å²) < 4.78 is 18.2. The van der Waals surface area contributed by atoms with Crippen LogP contribution in [0.3, 0.4) is 0 Å². The van der Waals surface area contributed by atoms with Gasteiger partial charge in [0.1, 0.15) is 5.58 Å². The van der Waals surface area contributed by atoms with Gasteiger partial charge in [-0.3, -0.25) is 0 Å². The van der Waals surface area contributed by atoms with Crippen molar-refractivity contribution in [3.05, 3.63) is 42.7 Å². The summed E-state index contributed by atoms with van der Waals surface area (Å²) in [6, 6.07) is 12.3. The van der Waals surface area contributed by atoms with Gasteiger partial charge in [-0.2, -0.15) is 0 Å². The minimum absolute atomic E-state index is 0.356. The Morgan fingerprint density at radius 1 is 0.864 bits per heavy atom. The first-order chi connectivity index (χ1) is 10.4. The van der Waals surface area contributed by atoms with Crippen molar-refractivity contribution in [1.29, 1.82) is 0 Å². The van der Waals surface area contributed by atoms with Gasteiger partial charge in [0.2, 0.25) is 0 Å². The molecule has 0 aliphatic carbocycles. The molecule has 1 fully saturated rings. The minimum atomic E-state index is -0.392. The maximum Gasteiger partial charge on any atom is 0.496 e. The molecular weight excluding hydrogens is 275 g/mol. The Hall–Kier alpha value is -1.78. The molecule has 112 valence electrons. The second-order valence-electron chi connectivity index (χ2n) is 6.93. The van der Waals surface area contributed by atoms with Gasteiger partial charge in [-0.1, -0.05) is 24.3 Å². The summed E-state index contributed by atoms with van der Waals surface area (Å²) in [5, 5.41) is 3.33. The van der Waals surface area contributed by atoms with Crippen LogP contribution in [0.25, 0.3) is 21.7 Å². The fourth-order valence-corrected chi connectivity index (χ4v) is 3.02. The molecule has 2 aromatic carbocycles. The van der Waals surface area contributed by atoms with E-state index in [-0.39, 0.29) is 11.2 Å². The molecule has 0 atom stereocenters. The highest BCUT2D eigenvalue weighted by atomic mass is 16.7. The Kier molecular flexibility index (Phi) is 2.75. The number of hydrogen-bond donors (Lipinski definition) is 0. The quantitative estimate of drug-likeness (QED) is 0.638. The first kappa shape index (κ1) is 13.9. The van der Waals surface area contributed by atoms with E-state index in [2.05, 4.69) is 45.9 Å². The molecule has 0 amide bonds. The van der Waals surface area contributed by atoms with Gasteiger partial charge in [0.15, 0.2) is 0 Å². The summed E-state index contributed by atoms with van der Waals surface area (Å²) in [4.78, 5) is 0. The topological polar surface area (TPSA) is 31.6 Å². The van der Waals surface area contributed by atoms with Crippen LogP contribution in [0.2, 0.25) is 0 Å². The standard InChI is InChI=1S/C18H19BO3/c1-17(2)18(3,4)22-19(21-17)16-13-8-6-5-7-12(13)11-15-14(16)9-10-20-15/h5-11H,1-4H3. The highest BCUT2D eigenvalue weighted by molar-refractivity contribution is 6.68. The van der Waals surface area contributed by atoms with Crippen molar-refractivity contribution in [2.24, 2.45) is 0 Å². The van der Waals surface area contributed by atoms with Crippen molar-refractivity contribution >= 4 is 34.3 Å². The van der Waals surface area contributed by atoms with Gasteiger partial charge >= 0.3 is 7.12 Å². The number of benzene rings is 2. The lowest BCUT2D eigenvalue weighted by Gasteiger charge is -2.32. The first-order valence-electron chi connectivity index (χ1n) is 7.63. The molecule has 1 saturated heterocycles. The highest BCUT2D eigenvalue weighted by Gasteiger charge is 2.52. The lowest BCUT2D eigenvalue weighted by atomic mass is 9.74. The van der Waals surface area contributed by atoms with Gasteiger partial charge in [0.05, 0.1) is 17.5 Å². The third-order valence-electron chi connectivity index (χ3n) is 5.01. The van der Waals surface area contributed by atoms with Gasteiger partial charge in [-0.25, -0.2) is 0 Å². The zero-order chi connectivity index (χ0) is 15.5. The summed E-state index contributed by atoms with van der Waals surface area (Å²) in [6.45, 7) is 8.30. The van der Waals surface area contributed by atoms with Crippen LogP contribution in [-0.4, -0.2) is 18.3 Å². The summed E-state index contributed by atoms with van der Waals surface area (Å²) in [6.07, 6.45) is 1.72. The van der Waals surface area contributed by atoms with Gasteiger partial charge in [0, 0.05) is 10.8 Å². The number of rotatable bonds is 1. The zero-order valence-electron chi connectivity index (χ0n) is 13.3. The largest absolute Gasteiger partial charge is 0.496 e. The van der Waals surface area contributed by atoms with Crippen LogP contribution in [0, 0.1) is 0 Å². The average molecular weight is 294 g/mol. The average Bonchev–Trinajstić information content (AvgIpc) is 2.98. The zero-order valence-corrected chi connectivity index (χ0v) is 13.3. The predicted octanol–water partition coefficient (Wildman–Crippen LogP) is 3.89. The van der Waals surface area contributed by atoms with E-state index in [0.29, 0.717) is 0 Å². The third kappa shape index (κ3) is 1.84. The normalized spacial score (nSPS) is 20.1. The number of fused-ring (bicyclic) bond motifs is 2. The molecule has 1 aromatic heterocycles. The van der Waals surface area contributed by atoms with Crippen LogP contribution in [0.15, 0.2) is 47.1 Å². The van der Waals surface area contributed by atoms with Gasteiger partial charge in [-0.05, 0) is 50.6 Å². The smallest absolute Gasteiger partial charge is 0.464 e. The van der Waals surface area contributed by atoms with Crippen LogP contribution in [0.4, 0.5) is 0 Å². The van der Waals surface area contributed by atoms with Crippen molar-refractivity contribution in [2.45, 2.75) is 38.9 Å². The molecule has 0 unspecified atom stereocenters. The Labute approximate surface area is 130 Å². The maximum absolute atomic E-state index is 6.27. The maximum atomic E-state index is 6.27. The van der Waals surface area contributed by atoms with E-state index < -0.39 is 7.12 Å². The van der Waals surface area contributed by atoms with E-state index in [4.69, 9.17) is 13.7 Å². The first-order valence-corrected chi connectivity index (χ1v) is 7.63. The highest BCUT2D eigenvalue weighted by Crippen LogP contribution is 2.38. The Bertz CT molecular complexity index is 847. The van der Waals surface area contributed by atoms with E-state index in [1.165, 1.54) is 0 Å². The Morgan fingerprint density at radius 3 is 2.27 bits per heavy atom. The molecule has 1 aliphatic heterocycles. The molecule has 0 bridgehead atoms.